The zero-order valence-electron chi connectivity index (χ0n) is 17.5. The van der Waals surface area contributed by atoms with E-state index in [1.807, 2.05) is 44.2 Å². The lowest BCUT2D eigenvalue weighted by atomic mass is 10.1. The van der Waals surface area contributed by atoms with E-state index in [0.717, 1.165) is 11.3 Å². The molecule has 0 aliphatic heterocycles. The molecule has 1 N–H and O–H groups in total. The van der Waals surface area contributed by atoms with Crippen LogP contribution in [0.5, 0.6) is 5.75 Å². The molecule has 5 nitrogen and oxygen atoms in total. The molecular formula is C23H28Cl2N2O3. The normalized spacial score (nSPS) is 11.8. The van der Waals surface area contributed by atoms with Crippen LogP contribution in [0.2, 0.25) is 10.0 Å². The molecule has 0 saturated heterocycles. The van der Waals surface area contributed by atoms with Crippen molar-refractivity contribution in [3.8, 4) is 5.75 Å². The number of ether oxygens (including phenoxy) is 1. The smallest absolute Gasteiger partial charge is 0.242 e. The van der Waals surface area contributed by atoms with Crippen molar-refractivity contribution in [3.63, 3.8) is 0 Å². The number of nitrogens with zero attached hydrogens (tertiary/aromatic N) is 1. The third-order valence-electron chi connectivity index (χ3n) is 4.50. The predicted octanol–water partition coefficient (Wildman–Crippen LogP) is 5.09. The summed E-state index contributed by atoms with van der Waals surface area (Å²) in [5.41, 5.74) is 0.735. The number of nitrogens with one attached hydrogen (secondary N) is 1. The van der Waals surface area contributed by atoms with Crippen LogP contribution in [0.15, 0.2) is 48.5 Å². The van der Waals surface area contributed by atoms with Crippen molar-refractivity contribution in [2.24, 2.45) is 0 Å². The first-order valence-electron chi connectivity index (χ1n) is 9.99. The van der Waals surface area contributed by atoms with Crippen LogP contribution in [-0.2, 0) is 16.1 Å². The van der Waals surface area contributed by atoms with Gasteiger partial charge in [0.1, 0.15) is 11.8 Å². The van der Waals surface area contributed by atoms with Gasteiger partial charge in [-0.15, -0.1) is 0 Å². The van der Waals surface area contributed by atoms with Crippen molar-refractivity contribution in [3.05, 3.63) is 64.1 Å². The predicted molar refractivity (Wildman–Crippen MR) is 121 cm³/mol. The lowest BCUT2D eigenvalue weighted by Crippen LogP contribution is -2.49. The Morgan fingerprint density at radius 3 is 2.40 bits per heavy atom. The molecule has 30 heavy (non-hydrogen) atoms. The van der Waals surface area contributed by atoms with Gasteiger partial charge in [-0.3, -0.25) is 9.59 Å². The second-order valence-electron chi connectivity index (χ2n) is 7.36. The first-order valence-corrected chi connectivity index (χ1v) is 10.7. The molecular weight excluding hydrogens is 423 g/mol. The number of benzene rings is 2. The minimum Gasteiger partial charge on any atom is -0.494 e. The summed E-state index contributed by atoms with van der Waals surface area (Å²) in [5, 5.41) is 3.85. The summed E-state index contributed by atoms with van der Waals surface area (Å²) in [6.07, 6.45) is 0.800. The van der Waals surface area contributed by atoms with Crippen molar-refractivity contribution >= 4 is 35.0 Å². The molecule has 2 amide bonds. The van der Waals surface area contributed by atoms with Gasteiger partial charge < -0.3 is 15.0 Å². The Morgan fingerprint density at radius 1 is 1.07 bits per heavy atom. The molecule has 0 saturated carbocycles. The number of para-hydroxylation sites is 1. The highest BCUT2D eigenvalue weighted by Crippen LogP contribution is 2.23. The Morgan fingerprint density at radius 2 is 1.77 bits per heavy atom. The van der Waals surface area contributed by atoms with E-state index >= 15 is 0 Å². The number of amides is 2. The van der Waals surface area contributed by atoms with Gasteiger partial charge >= 0.3 is 0 Å². The van der Waals surface area contributed by atoms with Gasteiger partial charge in [-0.1, -0.05) is 47.5 Å². The molecule has 0 fully saturated rings. The lowest BCUT2D eigenvalue weighted by Gasteiger charge is -2.29. The van der Waals surface area contributed by atoms with E-state index < -0.39 is 6.04 Å². The van der Waals surface area contributed by atoms with E-state index in [1.165, 1.54) is 0 Å². The van der Waals surface area contributed by atoms with E-state index in [1.54, 1.807) is 30.0 Å². The van der Waals surface area contributed by atoms with Gasteiger partial charge in [0.25, 0.3) is 0 Å². The fraction of sp³-hybridized carbons (Fsp3) is 0.391. The quantitative estimate of drug-likeness (QED) is 0.512. The Labute approximate surface area is 188 Å². The summed E-state index contributed by atoms with van der Waals surface area (Å²) in [6.45, 7) is 6.13. The molecule has 0 spiro atoms. The van der Waals surface area contributed by atoms with Crippen molar-refractivity contribution < 1.29 is 14.3 Å². The van der Waals surface area contributed by atoms with E-state index in [2.05, 4.69) is 5.32 Å². The lowest BCUT2D eigenvalue weighted by molar-refractivity contribution is -0.141. The largest absolute Gasteiger partial charge is 0.494 e. The molecule has 0 aromatic heterocycles. The number of hydrogen-bond donors (Lipinski definition) is 1. The van der Waals surface area contributed by atoms with Crippen LogP contribution in [0.1, 0.15) is 39.2 Å². The van der Waals surface area contributed by atoms with Crippen molar-refractivity contribution in [1.29, 1.82) is 0 Å². The number of hydrogen-bond acceptors (Lipinski definition) is 3. The SMILES string of the molecule is CC(C)NC(=O)C(C)N(Cc1ccc(Cl)cc1Cl)C(=O)CCCOc1ccccc1. The van der Waals surface area contributed by atoms with Gasteiger partial charge in [-0.25, -0.2) is 0 Å². The summed E-state index contributed by atoms with van der Waals surface area (Å²) in [7, 11) is 0. The molecule has 2 aromatic carbocycles. The molecule has 162 valence electrons. The maximum absolute atomic E-state index is 13.0. The number of carbonyl (C=O) groups excluding carboxylic acids is 2. The monoisotopic (exact) mass is 450 g/mol. The Balaban J connectivity index is 2.04. The maximum Gasteiger partial charge on any atom is 0.242 e. The molecule has 0 bridgehead atoms. The third kappa shape index (κ3) is 7.54. The van der Waals surface area contributed by atoms with Gasteiger partial charge in [-0.05, 0) is 57.0 Å². The summed E-state index contributed by atoms with van der Waals surface area (Å²) >= 11 is 12.3. The van der Waals surface area contributed by atoms with E-state index in [9.17, 15) is 9.59 Å². The molecule has 2 rings (SSSR count). The molecule has 7 heteroatoms. The van der Waals surface area contributed by atoms with Gasteiger partial charge in [0.2, 0.25) is 11.8 Å². The van der Waals surface area contributed by atoms with E-state index in [-0.39, 0.29) is 30.8 Å². The van der Waals surface area contributed by atoms with Crippen LogP contribution in [0.3, 0.4) is 0 Å². The highest BCUT2D eigenvalue weighted by molar-refractivity contribution is 6.35. The first-order chi connectivity index (χ1) is 14.3. The summed E-state index contributed by atoms with van der Waals surface area (Å²) in [6, 6.07) is 13.9. The summed E-state index contributed by atoms with van der Waals surface area (Å²) < 4.78 is 5.66. The number of rotatable bonds is 10. The average Bonchev–Trinajstić information content (AvgIpc) is 2.70. The number of halogens is 2. The minimum atomic E-state index is -0.637. The Hall–Kier alpha value is -2.24. The second kappa shape index (κ2) is 11.8. The third-order valence-corrected chi connectivity index (χ3v) is 5.09. The fourth-order valence-corrected chi connectivity index (χ4v) is 3.36. The highest BCUT2D eigenvalue weighted by Gasteiger charge is 2.26. The molecule has 0 radical (unpaired) electrons. The average molecular weight is 451 g/mol. The van der Waals surface area contributed by atoms with Crippen molar-refractivity contribution in [2.75, 3.05) is 6.61 Å². The molecule has 2 aromatic rings. The van der Waals surface area contributed by atoms with Crippen LogP contribution < -0.4 is 10.1 Å². The van der Waals surface area contributed by atoms with E-state index in [4.69, 9.17) is 27.9 Å². The van der Waals surface area contributed by atoms with Gasteiger partial charge in [-0.2, -0.15) is 0 Å². The van der Waals surface area contributed by atoms with Crippen LogP contribution in [0.25, 0.3) is 0 Å². The zero-order chi connectivity index (χ0) is 22.1. The molecule has 1 unspecified atom stereocenters. The molecule has 1 atom stereocenters. The van der Waals surface area contributed by atoms with Gasteiger partial charge in [0, 0.05) is 29.1 Å². The molecule has 0 aliphatic carbocycles. The van der Waals surface area contributed by atoms with Gasteiger partial charge in [0.15, 0.2) is 0 Å². The van der Waals surface area contributed by atoms with Crippen LogP contribution in [-0.4, -0.2) is 35.4 Å². The second-order valence-corrected chi connectivity index (χ2v) is 8.21. The Bertz CT molecular complexity index is 844. The summed E-state index contributed by atoms with van der Waals surface area (Å²) in [5.74, 6) is 0.424. The molecule has 0 aliphatic rings. The van der Waals surface area contributed by atoms with Crippen molar-refractivity contribution in [1.82, 2.24) is 10.2 Å². The Kier molecular flexibility index (Phi) is 9.47. The summed E-state index contributed by atoms with van der Waals surface area (Å²) in [4.78, 5) is 27.1. The van der Waals surface area contributed by atoms with E-state index in [0.29, 0.717) is 23.1 Å². The maximum atomic E-state index is 13.0. The zero-order valence-corrected chi connectivity index (χ0v) is 19.0. The van der Waals surface area contributed by atoms with Crippen LogP contribution in [0.4, 0.5) is 0 Å². The number of carbonyl (C=O) groups is 2. The van der Waals surface area contributed by atoms with Crippen LogP contribution in [0, 0.1) is 0 Å². The topological polar surface area (TPSA) is 58.6 Å². The minimum absolute atomic E-state index is 0.0182. The first kappa shape index (κ1) is 24.0. The van der Waals surface area contributed by atoms with Crippen molar-refractivity contribution in [2.45, 2.75) is 52.2 Å². The van der Waals surface area contributed by atoms with Gasteiger partial charge in [0.05, 0.1) is 6.61 Å². The van der Waals surface area contributed by atoms with Crippen LogP contribution >= 0.6 is 23.2 Å². The standard InChI is InChI=1S/C23H28Cl2N2O3/c1-16(2)26-23(29)17(3)27(15-18-11-12-19(24)14-21(18)25)22(28)10-7-13-30-20-8-5-4-6-9-20/h4-6,8-9,11-12,14,16-17H,7,10,13,15H2,1-3H3,(H,26,29). The molecule has 0 heterocycles. The highest BCUT2D eigenvalue weighted by atomic mass is 35.5. The fourth-order valence-electron chi connectivity index (χ4n) is 2.89.